The van der Waals surface area contributed by atoms with Crippen molar-refractivity contribution in [2.75, 3.05) is 0 Å². The van der Waals surface area contributed by atoms with Gasteiger partial charge in [-0.3, -0.25) is 9.78 Å². The maximum Gasteiger partial charge on any atom is 0.332 e. The molecule has 0 amide bonds. The van der Waals surface area contributed by atoms with Crippen LogP contribution in [0.1, 0.15) is 77.1 Å². The first-order valence-corrected chi connectivity index (χ1v) is 13.4. The number of rotatable bonds is 11. The molecule has 0 aliphatic rings. The van der Waals surface area contributed by atoms with Crippen LogP contribution < -0.4 is 0 Å². The summed E-state index contributed by atoms with van der Waals surface area (Å²) in [4.78, 5) is 29.3. The van der Waals surface area contributed by atoms with Crippen LogP contribution in [-0.2, 0) is 22.7 Å². The molecule has 0 saturated carbocycles. The zero-order valence-corrected chi connectivity index (χ0v) is 23.3. The lowest BCUT2D eigenvalue weighted by atomic mass is 9.98. The number of benzene rings is 2. The summed E-state index contributed by atoms with van der Waals surface area (Å²) in [5.74, 6) is -0.669. The average molecular weight is 525 g/mol. The highest BCUT2D eigenvalue weighted by Gasteiger charge is 2.22. The molecule has 6 nitrogen and oxygen atoms in total. The third kappa shape index (κ3) is 6.35. The Balaban J connectivity index is 1.63. The van der Waals surface area contributed by atoms with Crippen LogP contribution in [0.4, 0.5) is 0 Å². The number of hydrogen-bond acceptors (Lipinski definition) is 4. The summed E-state index contributed by atoms with van der Waals surface area (Å²) in [6.07, 6.45) is 5.45. The van der Waals surface area contributed by atoms with Gasteiger partial charge in [-0.05, 0) is 72.7 Å². The summed E-state index contributed by atoms with van der Waals surface area (Å²) in [5.41, 5.74) is 7.17. The van der Waals surface area contributed by atoms with Gasteiger partial charge in [-0.2, -0.15) is 0 Å². The first kappa shape index (κ1) is 28.0. The largest absolute Gasteiger partial charge is 0.479 e. The van der Waals surface area contributed by atoms with Gasteiger partial charge in [0.1, 0.15) is 5.69 Å². The molecular formula is C33H36N2O4. The van der Waals surface area contributed by atoms with E-state index in [4.69, 9.17) is 4.74 Å². The van der Waals surface area contributed by atoms with Gasteiger partial charge in [0.05, 0.1) is 12.2 Å². The highest BCUT2D eigenvalue weighted by Crippen LogP contribution is 2.31. The molecule has 0 aliphatic carbocycles. The van der Waals surface area contributed by atoms with Gasteiger partial charge in [0.25, 0.3) is 0 Å². The smallest absolute Gasteiger partial charge is 0.332 e. The van der Waals surface area contributed by atoms with E-state index in [-0.39, 0.29) is 12.4 Å². The SMILES string of the molecule is CC[C@@H](OCc1cccc(C=CCn2c(C)c(C(=O)c3ccc(C)cn3)c3cc(C(C)C)ccc32)c1)C(=O)O. The van der Waals surface area contributed by atoms with Crippen molar-refractivity contribution in [3.05, 3.63) is 106 Å². The minimum absolute atomic E-state index is 0.0689. The Morgan fingerprint density at radius 2 is 1.87 bits per heavy atom. The summed E-state index contributed by atoms with van der Waals surface area (Å²) in [6.45, 7) is 10.9. The molecule has 4 rings (SSSR count). The van der Waals surface area contributed by atoms with Gasteiger partial charge < -0.3 is 14.4 Å². The van der Waals surface area contributed by atoms with E-state index in [1.54, 1.807) is 19.2 Å². The molecule has 0 bridgehead atoms. The topological polar surface area (TPSA) is 81.4 Å². The fraction of sp³-hybridized carbons (Fsp3) is 0.303. The predicted octanol–water partition coefficient (Wildman–Crippen LogP) is 7.10. The zero-order chi connectivity index (χ0) is 28.1. The van der Waals surface area contributed by atoms with Crippen molar-refractivity contribution in [2.45, 2.75) is 66.2 Å². The van der Waals surface area contributed by atoms with Gasteiger partial charge in [-0.1, -0.05) is 63.3 Å². The molecule has 2 aromatic carbocycles. The first-order valence-electron chi connectivity index (χ1n) is 13.4. The first-order chi connectivity index (χ1) is 18.7. The molecule has 39 heavy (non-hydrogen) atoms. The second-order valence-electron chi connectivity index (χ2n) is 10.2. The minimum atomic E-state index is -0.945. The molecule has 2 heterocycles. The lowest BCUT2D eigenvalue weighted by molar-refractivity contribution is -0.151. The van der Waals surface area contributed by atoms with Crippen molar-refractivity contribution in [1.82, 2.24) is 9.55 Å². The Hall–Kier alpha value is -4.03. The number of allylic oxidation sites excluding steroid dienone is 1. The molecule has 0 fully saturated rings. The Labute approximate surface area is 230 Å². The van der Waals surface area contributed by atoms with Crippen molar-refractivity contribution in [3.8, 4) is 0 Å². The van der Waals surface area contributed by atoms with E-state index in [1.807, 2.05) is 50.3 Å². The van der Waals surface area contributed by atoms with Crippen LogP contribution in [0, 0.1) is 13.8 Å². The van der Waals surface area contributed by atoms with Gasteiger partial charge in [0.15, 0.2) is 6.10 Å². The molecule has 202 valence electrons. The molecule has 6 heteroatoms. The molecule has 1 N–H and O–H groups in total. The van der Waals surface area contributed by atoms with Gasteiger partial charge in [-0.25, -0.2) is 4.79 Å². The number of carboxylic acids is 1. The summed E-state index contributed by atoms with van der Waals surface area (Å²) < 4.78 is 7.73. The summed E-state index contributed by atoms with van der Waals surface area (Å²) in [6, 6.07) is 18.0. The van der Waals surface area contributed by atoms with E-state index in [1.165, 1.54) is 5.56 Å². The Morgan fingerprint density at radius 3 is 2.54 bits per heavy atom. The van der Waals surface area contributed by atoms with Gasteiger partial charge in [0.2, 0.25) is 5.78 Å². The van der Waals surface area contributed by atoms with Crippen molar-refractivity contribution < 1.29 is 19.4 Å². The number of hydrogen-bond donors (Lipinski definition) is 1. The molecule has 0 radical (unpaired) electrons. The lowest BCUT2D eigenvalue weighted by Gasteiger charge is -2.11. The number of nitrogens with zero attached hydrogens (tertiary/aromatic N) is 2. The molecule has 1 atom stereocenters. The number of carbonyl (C=O) groups excluding carboxylic acids is 1. The number of carbonyl (C=O) groups is 2. The van der Waals surface area contributed by atoms with Gasteiger partial charge in [-0.15, -0.1) is 0 Å². The Bertz CT molecular complexity index is 1510. The molecule has 2 aromatic heterocycles. The summed E-state index contributed by atoms with van der Waals surface area (Å²) in [5, 5.41) is 10.2. The number of aryl methyl sites for hydroxylation is 1. The van der Waals surface area contributed by atoms with E-state index in [0.29, 0.717) is 30.1 Å². The molecular weight excluding hydrogens is 488 g/mol. The molecule has 0 aliphatic heterocycles. The lowest BCUT2D eigenvalue weighted by Crippen LogP contribution is -2.22. The second-order valence-corrected chi connectivity index (χ2v) is 10.2. The van der Waals surface area contributed by atoms with E-state index >= 15 is 0 Å². The van der Waals surface area contributed by atoms with Crippen LogP contribution in [0.15, 0.2) is 66.9 Å². The van der Waals surface area contributed by atoms with Crippen molar-refractivity contribution >= 4 is 28.7 Å². The minimum Gasteiger partial charge on any atom is -0.479 e. The van der Waals surface area contributed by atoms with Crippen LogP contribution in [0.25, 0.3) is 17.0 Å². The summed E-state index contributed by atoms with van der Waals surface area (Å²) >= 11 is 0. The molecule has 0 saturated heterocycles. The number of ketones is 1. The number of aliphatic carboxylic acids is 1. The normalized spacial score (nSPS) is 12.5. The highest BCUT2D eigenvalue weighted by molar-refractivity contribution is 6.16. The van der Waals surface area contributed by atoms with Crippen LogP contribution in [-0.4, -0.2) is 32.5 Å². The number of aromatic nitrogens is 2. The Morgan fingerprint density at radius 1 is 1.08 bits per heavy atom. The number of fused-ring (bicyclic) bond motifs is 1. The molecule has 0 unspecified atom stereocenters. The second kappa shape index (κ2) is 12.2. The number of pyridine rings is 1. The number of carboxylic acid groups (broad SMARTS) is 1. The zero-order valence-electron chi connectivity index (χ0n) is 23.3. The highest BCUT2D eigenvalue weighted by atomic mass is 16.5. The van der Waals surface area contributed by atoms with E-state index in [0.717, 1.165) is 33.3 Å². The van der Waals surface area contributed by atoms with Crippen LogP contribution in [0.3, 0.4) is 0 Å². The predicted molar refractivity (Wildman–Crippen MR) is 155 cm³/mol. The van der Waals surface area contributed by atoms with Gasteiger partial charge in [0, 0.05) is 29.3 Å². The third-order valence-corrected chi connectivity index (χ3v) is 7.03. The maximum absolute atomic E-state index is 13.7. The molecule has 0 spiro atoms. The van der Waals surface area contributed by atoms with E-state index in [9.17, 15) is 14.7 Å². The third-order valence-electron chi connectivity index (χ3n) is 7.03. The summed E-state index contributed by atoms with van der Waals surface area (Å²) in [7, 11) is 0. The standard InChI is InChI=1S/C33H36N2O4/c1-6-30(33(37)38)39-20-25-10-7-9-24(17-25)11-8-16-35-23(5)31(32(36)28-14-12-22(4)19-34-28)27-18-26(21(2)3)13-15-29(27)35/h7-15,17-19,21,30H,6,16,20H2,1-5H3,(H,37,38)/t30-/m1/s1. The monoisotopic (exact) mass is 524 g/mol. The van der Waals surface area contributed by atoms with Crippen LogP contribution in [0.5, 0.6) is 0 Å². The van der Waals surface area contributed by atoms with E-state index in [2.05, 4.69) is 47.7 Å². The van der Waals surface area contributed by atoms with Crippen LogP contribution in [0.2, 0.25) is 0 Å². The van der Waals surface area contributed by atoms with Crippen molar-refractivity contribution in [2.24, 2.45) is 0 Å². The van der Waals surface area contributed by atoms with Crippen molar-refractivity contribution in [1.29, 1.82) is 0 Å². The van der Waals surface area contributed by atoms with E-state index < -0.39 is 12.1 Å². The Kier molecular flexibility index (Phi) is 8.77. The average Bonchev–Trinajstić information content (AvgIpc) is 3.19. The maximum atomic E-state index is 13.7. The quantitative estimate of drug-likeness (QED) is 0.212. The molecule has 4 aromatic rings. The van der Waals surface area contributed by atoms with Crippen molar-refractivity contribution in [3.63, 3.8) is 0 Å². The number of ether oxygens (including phenoxy) is 1. The fourth-order valence-corrected chi connectivity index (χ4v) is 4.75. The van der Waals surface area contributed by atoms with Crippen LogP contribution >= 0.6 is 0 Å². The fourth-order valence-electron chi connectivity index (χ4n) is 4.75. The van der Waals surface area contributed by atoms with Gasteiger partial charge >= 0.3 is 5.97 Å².